The molecule has 0 bridgehead atoms. The fraction of sp³-hybridized carbons (Fsp3) is 0.923. The second-order valence-corrected chi connectivity index (χ2v) is 5.60. The Hall–Kier alpha value is -0.310. The van der Waals surface area contributed by atoms with Gasteiger partial charge >= 0.3 is 0 Å². The predicted octanol–water partition coefficient (Wildman–Crippen LogP) is 3.17. The Morgan fingerprint density at radius 1 is 1.38 bits per heavy atom. The van der Waals surface area contributed by atoms with Crippen LogP contribution in [0.1, 0.15) is 52.9 Å². The van der Waals surface area contributed by atoms with Crippen LogP contribution in [0.4, 0.5) is 0 Å². The van der Waals surface area contributed by atoms with E-state index in [4.69, 9.17) is 12.2 Å². The van der Waals surface area contributed by atoms with Gasteiger partial charge in [0, 0.05) is 19.1 Å². The summed E-state index contributed by atoms with van der Waals surface area (Å²) < 4.78 is 0. The van der Waals surface area contributed by atoms with Crippen molar-refractivity contribution < 1.29 is 0 Å². The number of nitrogens with one attached hydrogen (secondary N) is 1. The second kappa shape index (κ2) is 7.10. The largest absolute Gasteiger partial charge is 0.363 e. The van der Waals surface area contributed by atoms with Crippen molar-refractivity contribution in [3.63, 3.8) is 0 Å². The van der Waals surface area contributed by atoms with Crippen LogP contribution in [0.15, 0.2) is 0 Å². The van der Waals surface area contributed by atoms with E-state index in [1.165, 1.54) is 25.7 Å². The molecule has 3 heteroatoms. The van der Waals surface area contributed by atoms with Gasteiger partial charge in [0.25, 0.3) is 0 Å². The minimum absolute atomic E-state index is 0.682. The van der Waals surface area contributed by atoms with E-state index in [9.17, 15) is 0 Å². The molecule has 1 fully saturated rings. The molecule has 1 saturated carbocycles. The summed E-state index contributed by atoms with van der Waals surface area (Å²) in [5.74, 6) is 0.682. The fourth-order valence-corrected chi connectivity index (χ4v) is 2.67. The van der Waals surface area contributed by atoms with Gasteiger partial charge in [-0.1, -0.05) is 33.6 Å². The average molecular weight is 242 g/mol. The van der Waals surface area contributed by atoms with Crippen molar-refractivity contribution in [1.82, 2.24) is 10.2 Å². The summed E-state index contributed by atoms with van der Waals surface area (Å²) in [6.07, 6.45) is 6.52. The molecule has 0 radical (unpaired) electrons. The number of thiocarbonyl (C=S) groups is 1. The summed E-state index contributed by atoms with van der Waals surface area (Å²) in [6, 6.07) is 0.694. The van der Waals surface area contributed by atoms with Gasteiger partial charge < -0.3 is 10.2 Å². The molecular weight excluding hydrogens is 216 g/mol. The second-order valence-electron chi connectivity index (χ2n) is 5.22. The van der Waals surface area contributed by atoms with Gasteiger partial charge in [-0.05, 0) is 37.4 Å². The fourth-order valence-electron chi connectivity index (χ4n) is 2.34. The first-order valence-corrected chi connectivity index (χ1v) is 7.10. The summed E-state index contributed by atoms with van der Waals surface area (Å²) in [5.41, 5.74) is 0. The van der Waals surface area contributed by atoms with Crippen LogP contribution in [0.2, 0.25) is 0 Å². The molecule has 16 heavy (non-hydrogen) atoms. The Labute approximate surface area is 106 Å². The first-order valence-electron chi connectivity index (χ1n) is 6.69. The highest BCUT2D eigenvalue weighted by molar-refractivity contribution is 7.80. The van der Waals surface area contributed by atoms with Gasteiger partial charge in [-0.3, -0.25) is 0 Å². The zero-order valence-electron chi connectivity index (χ0n) is 11.0. The lowest BCUT2D eigenvalue weighted by molar-refractivity contribution is 0.280. The Balaban J connectivity index is 2.51. The molecule has 0 amide bonds. The van der Waals surface area contributed by atoms with E-state index in [0.717, 1.165) is 24.6 Å². The van der Waals surface area contributed by atoms with E-state index in [1.54, 1.807) is 0 Å². The lowest BCUT2D eigenvalue weighted by atomic mass is 10.1. The Morgan fingerprint density at radius 3 is 2.50 bits per heavy atom. The lowest BCUT2D eigenvalue weighted by Gasteiger charge is -2.33. The Morgan fingerprint density at radius 2 is 2.00 bits per heavy atom. The van der Waals surface area contributed by atoms with E-state index in [-0.39, 0.29) is 0 Å². The van der Waals surface area contributed by atoms with Gasteiger partial charge in [-0.2, -0.15) is 0 Å². The molecule has 0 saturated heterocycles. The Kier molecular flexibility index (Phi) is 6.10. The van der Waals surface area contributed by atoms with E-state index in [1.807, 2.05) is 0 Å². The molecule has 1 aliphatic carbocycles. The topological polar surface area (TPSA) is 15.3 Å². The van der Waals surface area contributed by atoms with Crippen LogP contribution in [-0.2, 0) is 0 Å². The molecule has 2 nitrogen and oxygen atoms in total. The standard InChI is InChI=1S/C13H26N2S/c1-4-9-14-13(16)15(10-11(2)3)12-7-5-6-8-12/h11-12H,4-10H2,1-3H3,(H,14,16). The van der Waals surface area contributed by atoms with E-state index >= 15 is 0 Å². The van der Waals surface area contributed by atoms with Crippen molar-refractivity contribution in [2.75, 3.05) is 13.1 Å². The SMILES string of the molecule is CCCNC(=S)N(CC(C)C)C1CCCC1. The first kappa shape index (κ1) is 13.8. The average Bonchev–Trinajstić information content (AvgIpc) is 2.75. The molecule has 0 aromatic heterocycles. The zero-order valence-corrected chi connectivity index (χ0v) is 11.8. The van der Waals surface area contributed by atoms with Crippen LogP contribution in [0.5, 0.6) is 0 Å². The molecule has 0 spiro atoms. The van der Waals surface area contributed by atoms with Crippen LogP contribution in [0.25, 0.3) is 0 Å². The maximum Gasteiger partial charge on any atom is 0.169 e. The molecule has 0 aromatic carbocycles. The highest BCUT2D eigenvalue weighted by atomic mass is 32.1. The molecule has 0 aliphatic heterocycles. The van der Waals surface area contributed by atoms with Crippen LogP contribution in [0.3, 0.4) is 0 Å². The molecule has 1 N–H and O–H groups in total. The molecule has 1 aliphatic rings. The van der Waals surface area contributed by atoms with Crippen LogP contribution in [-0.4, -0.2) is 29.1 Å². The van der Waals surface area contributed by atoms with Crippen molar-refractivity contribution in [2.45, 2.75) is 58.9 Å². The van der Waals surface area contributed by atoms with Gasteiger partial charge in [-0.15, -0.1) is 0 Å². The molecular formula is C13H26N2S. The number of hydrogen-bond acceptors (Lipinski definition) is 1. The van der Waals surface area contributed by atoms with Gasteiger partial charge in [0.05, 0.1) is 0 Å². The Bertz CT molecular complexity index is 210. The highest BCUT2D eigenvalue weighted by Crippen LogP contribution is 2.24. The minimum atomic E-state index is 0.682. The smallest absolute Gasteiger partial charge is 0.169 e. The van der Waals surface area contributed by atoms with Crippen molar-refractivity contribution in [3.8, 4) is 0 Å². The zero-order chi connectivity index (χ0) is 12.0. The van der Waals surface area contributed by atoms with E-state index in [2.05, 4.69) is 31.0 Å². The van der Waals surface area contributed by atoms with Crippen molar-refractivity contribution in [1.29, 1.82) is 0 Å². The van der Waals surface area contributed by atoms with E-state index in [0.29, 0.717) is 12.0 Å². The molecule has 1 rings (SSSR count). The third-order valence-electron chi connectivity index (χ3n) is 3.11. The van der Waals surface area contributed by atoms with Crippen molar-refractivity contribution in [3.05, 3.63) is 0 Å². The number of rotatable bonds is 5. The molecule has 94 valence electrons. The summed E-state index contributed by atoms with van der Waals surface area (Å²) in [7, 11) is 0. The third-order valence-corrected chi connectivity index (χ3v) is 3.49. The third kappa shape index (κ3) is 4.28. The summed E-state index contributed by atoms with van der Waals surface area (Å²) in [5, 5.41) is 4.35. The van der Waals surface area contributed by atoms with Gasteiger partial charge in [0.2, 0.25) is 0 Å². The van der Waals surface area contributed by atoms with Crippen LogP contribution >= 0.6 is 12.2 Å². The van der Waals surface area contributed by atoms with Crippen LogP contribution in [0, 0.1) is 5.92 Å². The van der Waals surface area contributed by atoms with Crippen molar-refractivity contribution >= 4 is 17.3 Å². The van der Waals surface area contributed by atoms with Gasteiger partial charge in [0.15, 0.2) is 5.11 Å². The van der Waals surface area contributed by atoms with Crippen LogP contribution < -0.4 is 5.32 Å². The maximum atomic E-state index is 5.51. The van der Waals surface area contributed by atoms with E-state index < -0.39 is 0 Å². The number of nitrogens with zero attached hydrogens (tertiary/aromatic N) is 1. The minimum Gasteiger partial charge on any atom is -0.363 e. The van der Waals surface area contributed by atoms with Gasteiger partial charge in [0.1, 0.15) is 0 Å². The highest BCUT2D eigenvalue weighted by Gasteiger charge is 2.24. The summed E-state index contributed by atoms with van der Waals surface area (Å²) in [4.78, 5) is 2.43. The maximum absolute atomic E-state index is 5.51. The quantitative estimate of drug-likeness (QED) is 0.746. The van der Waals surface area contributed by atoms with Crippen molar-refractivity contribution in [2.24, 2.45) is 5.92 Å². The molecule has 0 unspecified atom stereocenters. The molecule has 0 atom stereocenters. The number of hydrogen-bond donors (Lipinski definition) is 1. The first-order chi connectivity index (χ1) is 7.65. The molecule has 0 aromatic rings. The predicted molar refractivity (Wildman–Crippen MR) is 74.7 cm³/mol. The summed E-state index contributed by atoms with van der Waals surface area (Å²) in [6.45, 7) is 8.81. The lowest BCUT2D eigenvalue weighted by Crippen LogP contribution is -2.46. The summed E-state index contributed by atoms with van der Waals surface area (Å²) >= 11 is 5.51. The van der Waals surface area contributed by atoms with Gasteiger partial charge in [-0.25, -0.2) is 0 Å². The normalized spacial score (nSPS) is 16.8. The molecule has 0 heterocycles. The monoisotopic (exact) mass is 242 g/mol.